The van der Waals surface area contributed by atoms with Gasteiger partial charge in [0.05, 0.1) is 6.42 Å². The van der Waals surface area contributed by atoms with Gasteiger partial charge in [0.2, 0.25) is 5.91 Å². The first-order valence-electron chi connectivity index (χ1n) is 12.1. The number of benzene rings is 2. The average Bonchev–Trinajstić information content (AvgIpc) is 3.47. The molecule has 2 N–H and O–H groups in total. The first kappa shape index (κ1) is 22.4. The van der Waals surface area contributed by atoms with Crippen LogP contribution in [0.5, 0.6) is 0 Å². The Labute approximate surface area is 199 Å². The van der Waals surface area contributed by atoms with Crippen LogP contribution < -0.4 is 5.32 Å². The predicted octanol–water partition coefficient (Wildman–Crippen LogP) is 4.16. The second kappa shape index (κ2) is 9.49. The summed E-state index contributed by atoms with van der Waals surface area (Å²) >= 11 is 0. The van der Waals surface area contributed by atoms with Crippen molar-refractivity contribution in [2.24, 2.45) is 5.92 Å². The third-order valence-electron chi connectivity index (χ3n) is 7.28. The molecule has 2 aromatic carbocycles. The summed E-state index contributed by atoms with van der Waals surface area (Å²) in [6, 6.07) is 16.5. The van der Waals surface area contributed by atoms with Gasteiger partial charge in [-0.3, -0.25) is 9.59 Å². The summed E-state index contributed by atoms with van der Waals surface area (Å²) in [4.78, 5) is 38.3. The van der Waals surface area contributed by atoms with Crippen molar-refractivity contribution in [3.63, 3.8) is 0 Å². The maximum atomic E-state index is 13.0. The zero-order valence-corrected chi connectivity index (χ0v) is 19.1. The van der Waals surface area contributed by atoms with Gasteiger partial charge in [0.1, 0.15) is 6.61 Å². The fourth-order valence-corrected chi connectivity index (χ4v) is 5.45. The van der Waals surface area contributed by atoms with Gasteiger partial charge in [-0.05, 0) is 54.4 Å². The Morgan fingerprint density at radius 2 is 1.59 bits per heavy atom. The lowest BCUT2D eigenvalue weighted by molar-refractivity contribution is -0.140. The number of hydrogen-bond donors (Lipinski definition) is 2. The lowest BCUT2D eigenvalue weighted by Crippen LogP contribution is -2.40. The van der Waals surface area contributed by atoms with E-state index < -0.39 is 12.1 Å². The van der Waals surface area contributed by atoms with Crippen LogP contribution in [0, 0.1) is 5.92 Å². The molecule has 0 heterocycles. The van der Waals surface area contributed by atoms with Gasteiger partial charge in [-0.2, -0.15) is 0 Å². The fraction of sp³-hybridized carbons (Fsp3) is 0.444. The third-order valence-corrected chi connectivity index (χ3v) is 7.28. The Bertz CT molecular complexity index is 1050. The second-order valence-electron chi connectivity index (χ2n) is 9.58. The summed E-state index contributed by atoms with van der Waals surface area (Å²) < 4.78 is 5.65. The fourth-order valence-electron chi connectivity index (χ4n) is 5.45. The lowest BCUT2D eigenvalue weighted by Gasteiger charge is -2.25. The Kier molecular flexibility index (Phi) is 6.26. The predicted molar refractivity (Wildman–Crippen MR) is 126 cm³/mol. The minimum absolute atomic E-state index is 0.0115. The average molecular weight is 463 g/mol. The van der Waals surface area contributed by atoms with Crippen molar-refractivity contribution < 1.29 is 24.2 Å². The standard InChI is InChI=1S/C27H30N2O5/c30-25(31)13-14-29(19-11-12-19)26(32)17-9-10-18(15-17)28-27(33)34-16-24-22-7-3-1-5-20(22)21-6-2-4-8-23(21)24/h1-8,17-19,24H,9-16H2,(H,28,33)(H,30,31)/t17-,18+/m1/s1. The highest BCUT2D eigenvalue weighted by atomic mass is 16.5. The van der Waals surface area contributed by atoms with E-state index in [4.69, 9.17) is 9.84 Å². The highest BCUT2D eigenvalue weighted by molar-refractivity contribution is 5.81. The van der Waals surface area contributed by atoms with Crippen molar-refractivity contribution in [1.82, 2.24) is 10.2 Å². The van der Waals surface area contributed by atoms with E-state index in [1.165, 1.54) is 22.3 Å². The van der Waals surface area contributed by atoms with Crippen LogP contribution in [-0.4, -0.2) is 53.2 Å². The van der Waals surface area contributed by atoms with Crippen LogP contribution in [0.1, 0.15) is 55.6 Å². The summed E-state index contributed by atoms with van der Waals surface area (Å²) in [6.45, 7) is 0.527. The van der Waals surface area contributed by atoms with Gasteiger partial charge in [0, 0.05) is 30.5 Å². The molecule has 7 nitrogen and oxygen atoms in total. The van der Waals surface area contributed by atoms with Gasteiger partial charge in [0.25, 0.3) is 0 Å². The van der Waals surface area contributed by atoms with Crippen molar-refractivity contribution in [2.45, 2.75) is 56.5 Å². The van der Waals surface area contributed by atoms with Crippen molar-refractivity contribution in [1.29, 1.82) is 0 Å². The van der Waals surface area contributed by atoms with E-state index in [9.17, 15) is 14.4 Å². The summed E-state index contributed by atoms with van der Waals surface area (Å²) in [5.74, 6) is -1.02. The molecule has 2 amide bonds. The van der Waals surface area contributed by atoms with Crippen molar-refractivity contribution >= 4 is 18.0 Å². The highest BCUT2D eigenvalue weighted by Gasteiger charge is 2.39. The molecule has 2 atom stereocenters. The van der Waals surface area contributed by atoms with Crippen LogP contribution in [0.25, 0.3) is 11.1 Å². The molecule has 0 saturated heterocycles. The van der Waals surface area contributed by atoms with Crippen molar-refractivity contribution in [3.8, 4) is 11.1 Å². The number of rotatable bonds is 8. The number of nitrogens with one attached hydrogen (secondary N) is 1. The van der Waals surface area contributed by atoms with Crippen LogP contribution in [-0.2, 0) is 14.3 Å². The molecule has 0 bridgehead atoms. The van der Waals surface area contributed by atoms with Crippen LogP contribution in [0.15, 0.2) is 48.5 Å². The van der Waals surface area contributed by atoms with Crippen LogP contribution in [0.2, 0.25) is 0 Å². The maximum absolute atomic E-state index is 13.0. The molecule has 0 radical (unpaired) electrons. The number of nitrogens with zero attached hydrogens (tertiary/aromatic N) is 1. The first-order valence-corrected chi connectivity index (χ1v) is 12.1. The summed E-state index contributed by atoms with van der Waals surface area (Å²) in [6.07, 6.45) is 3.39. The smallest absolute Gasteiger partial charge is 0.407 e. The molecule has 34 heavy (non-hydrogen) atoms. The minimum Gasteiger partial charge on any atom is -0.481 e. The first-order chi connectivity index (χ1) is 16.5. The Morgan fingerprint density at radius 3 is 2.21 bits per heavy atom. The van der Waals surface area contributed by atoms with Crippen molar-refractivity contribution in [3.05, 3.63) is 59.7 Å². The summed E-state index contributed by atoms with van der Waals surface area (Å²) in [7, 11) is 0. The van der Waals surface area contributed by atoms with E-state index in [1.807, 2.05) is 24.3 Å². The molecule has 3 aliphatic carbocycles. The molecular weight excluding hydrogens is 432 g/mol. The summed E-state index contributed by atoms with van der Waals surface area (Å²) in [5, 5.41) is 11.9. The molecule has 2 aromatic rings. The molecule has 2 saturated carbocycles. The number of alkyl carbamates (subject to hydrolysis) is 1. The van der Waals surface area contributed by atoms with Gasteiger partial charge in [0.15, 0.2) is 0 Å². The zero-order chi connectivity index (χ0) is 23.7. The van der Waals surface area contributed by atoms with Gasteiger partial charge in [-0.25, -0.2) is 4.79 Å². The molecule has 178 valence electrons. The Hall–Kier alpha value is -3.35. The molecule has 2 fully saturated rings. The number of carboxylic acid groups (broad SMARTS) is 1. The number of carbonyl (C=O) groups excluding carboxylic acids is 2. The van der Waals surface area contributed by atoms with E-state index >= 15 is 0 Å². The van der Waals surface area contributed by atoms with E-state index in [2.05, 4.69) is 29.6 Å². The molecular formula is C27H30N2O5. The van der Waals surface area contributed by atoms with Crippen LogP contribution in [0.4, 0.5) is 4.79 Å². The lowest BCUT2D eigenvalue weighted by atomic mass is 9.98. The SMILES string of the molecule is O=C(O)CCN(C(=O)[C@@H]1CC[C@H](NC(=O)OCC2c3ccccc3-c3ccccc32)C1)C1CC1. The molecule has 5 rings (SSSR count). The molecule has 0 aliphatic heterocycles. The number of carbonyl (C=O) groups is 3. The van der Waals surface area contributed by atoms with Gasteiger partial charge < -0.3 is 20.1 Å². The number of ether oxygens (including phenoxy) is 1. The molecule has 7 heteroatoms. The van der Waals surface area contributed by atoms with Gasteiger partial charge in [-0.1, -0.05) is 48.5 Å². The van der Waals surface area contributed by atoms with Gasteiger partial charge >= 0.3 is 12.1 Å². The Balaban J connectivity index is 1.14. The quantitative estimate of drug-likeness (QED) is 0.614. The van der Waals surface area contributed by atoms with E-state index in [0.29, 0.717) is 12.8 Å². The number of carboxylic acids is 1. The largest absolute Gasteiger partial charge is 0.481 e. The van der Waals surface area contributed by atoms with E-state index in [0.717, 1.165) is 19.3 Å². The third kappa shape index (κ3) is 4.65. The Morgan fingerprint density at radius 1 is 0.941 bits per heavy atom. The monoisotopic (exact) mass is 462 g/mol. The normalized spacial score (nSPS) is 20.9. The van der Waals surface area contributed by atoms with E-state index in [1.54, 1.807) is 4.90 Å². The number of hydrogen-bond acceptors (Lipinski definition) is 4. The van der Waals surface area contributed by atoms with Crippen LogP contribution >= 0.6 is 0 Å². The minimum atomic E-state index is -0.889. The second-order valence-corrected chi connectivity index (χ2v) is 9.58. The molecule has 3 aliphatic rings. The molecule has 0 unspecified atom stereocenters. The molecule has 0 spiro atoms. The van der Waals surface area contributed by atoms with E-state index in [-0.39, 0.29) is 49.4 Å². The summed E-state index contributed by atoms with van der Waals surface area (Å²) in [5.41, 5.74) is 4.72. The van der Waals surface area contributed by atoms with Gasteiger partial charge in [-0.15, -0.1) is 0 Å². The number of amides is 2. The van der Waals surface area contributed by atoms with Crippen LogP contribution in [0.3, 0.4) is 0 Å². The maximum Gasteiger partial charge on any atom is 0.407 e. The topological polar surface area (TPSA) is 95.9 Å². The van der Waals surface area contributed by atoms with Crippen molar-refractivity contribution in [2.75, 3.05) is 13.2 Å². The highest BCUT2D eigenvalue weighted by Crippen LogP contribution is 2.44. The number of aliphatic carboxylic acids is 1. The molecule has 0 aromatic heterocycles. The number of fused-ring (bicyclic) bond motifs is 3. The zero-order valence-electron chi connectivity index (χ0n) is 19.1.